The zero-order chi connectivity index (χ0) is 13.7. The third-order valence-corrected chi connectivity index (χ3v) is 2.83. The minimum Gasteiger partial charge on any atom is -0.329 e. The van der Waals surface area contributed by atoms with Gasteiger partial charge in [-0.25, -0.2) is 4.98 Å². The van der Waals surface area contributed by atoms with E-state index >= 15 is 0 Å². The second kappa shape index (κ2) is 6.10. The molecule has 6 heteroatoms. The number of benzene rings is 1. The lowest BCUT2D eigenvalue weighted by Crippen LogP contribution is -2.16. The molecule has 0 spiro atoms. The molecular formula is C13H16N4O2. The molecule has 1 heterocycles. The average Bonchev–Trinajstić information content (AvgIpc) is 2.84. The lowest BCUT2D eigenvalue weighted by atomic mass is 10.2. The number of nitrogens with zero attached hydrogens (tertiary/aromatic N) is 3. The van der Waals surface area contributed by atoms with Crippen LogP contribution in [-0.4, -0.2) is 21.0 Å². The first-order valence-electron chi connectivity index (χ1n) is 6.14. The Bertz CT molecular complexity index is 548. The van der Waals surface area contributed by atoms with Gasteiger partial charge in [-0.3, -0.25) is 10.1 Å². The molecule has 0 amide bonds. The van der Waals surface area contributed by atoms with E-state index in [2.05, 4.69) is 10.3 Å². The van der Waals surface area contributed by atoms with Crippen LogP contribution in [0.5, 0.6) is 0 Å². The third-order valence-electron chi connectivity index (χ3n) is 2.83. The second-order valence-corrected chi connectivity index (χ2v) is 4.18. The molecule has 0 bridgehead atoms. The van der Waals surface area contributed by atoms with Crippen molar-refractivity contribution in [2.45, 2.75) is 20.0 Å². The van der Waals surface area contributed by atoms with Gasteiger partial charge >= 0.3 is 0 Å². The van der Waals surface area contributed by atoms with Gasteiger partial charge in [-0.05, 0) is 12.1 Å². The topological polar surface area (TPSA) is 73.0 Å². The zero-order valence-corrected chi connectivity index (χ0v) is 10.7. The molecule has 100 valence electrons. The molecule has 2 rings (SSSR count). The molecule has 1 N–H and O–H groups in total. The van der Waals surface area contributed by atoms with E-state index in [0.717, 1.165) is 24.5 Å². The van der Waals surface area contributed by atoms with E-state index in [1.54, 1.807) is 18.3 Å². The number of non-ortho nitro benzene ring substituents is 1. The number of hydrogen-bond donors (Lipinski definition) is 1. The van der Waals surface area contributed by atoms with Crippen LogP contribution in [0.3, 0.4) is 0 Å². The average molecular weight is 260 g/mol. The zero-order valence-electron chi connectivity index (χ0n) is 10.7. The maximum atomic E-state index is 10.6. The number of aromatic nitrogens is 2. The smallest absolute Gasteiger partial charge is 0.269 e. The Morgan fingerprint density at radius 1 is 1.37 bits per heavy atom. The quantitative estimate of drug-likeness (QED) is 0.636. The highest BCUT2D eigenvalue weighted by Crippen LogP contribution is 2.13. The maximum absolute atomic E-state index is 10.6. The molecule has 2 aromatic rings. The van der Waals surface area contributed by atoms with Gasteiger partial charge in [-0.1, -0.05) is 19.1 Å². The van der Waals surface area contributed by atoms with Crippen molar-refractivity contribution in [2.24, 2.45) is 0 Å². The standard InChI is InChI=1S/C13H16N4O2/c1-2-14-9-13-15-7-8-16(13)10-11-3-5-12(6-4-11)17(18)19/h3-8,14H,2,9-10H2,1H3. The minimum atomic E-state index is -0.391. The van der Waals surface area contributed by atoms with Crippen LogP contribution >= 0.6 is 0 Å². The fourth-order valence-electron chi connectivity index (χ4n) is 1.81. The summed E-state index contributed by atoms with van der Waals surface area (Å²) in [7, 11) is 0. The van der Waals surface area contributed by atoms with Gasteiger partial charge in [0.1, 0.15) is 5.82 Å². The molecule has 1 aromatic heterocycles. The Balaban J connectivity index is 2.08. The minimum absolute atomic E-state index is 0.113. The molecule has 0 aliphatic heterocycles. The highest BCUT2D eigenvalue weighted by molar-refractivity contribution is 5.33. The summed E-state index contributed by atoms with van der Waals surface area (Å²) in [5.74, 6) is 0.959. The first kappa shape index (κ1) is 13.2. The monoisotopic (exact) mass is 260 g/mol. The second-order valence-electron chi connectivity index (χ2n) is 4.18. The number of nitrogens with one attached hydrogen (secondary N) is 1. The van der Waals surface area contributed by atoms with E-state index in [9.17, 15) is 10.1 Å². The molecular weight excluding hydrogens is 244 g/mol. The third kappa shape index (κ3) is 3.38. The Morgan fingerprint density at radius 2 is 2.11 bits per heavy atom. The fourth-order valence-corrected chi connectivity index (χ4v) is 1.81. The summed E-state index contributed by atoms with van der Waals surface area (Å²) in [6.07, 6.45) is 3.67. The number of imidazole rings is 1. The lowest BCUT2D eigenvalue weighted by Gasteiger charge is -2.08. The van der Waals surface area contributed by atoms with Gasteiger partial charge in [0.2, 0.25) is 0 Å². The van der Waals surface area contributed by atoms with E-state index in [4.69, 9.17) is 0 Å². The summed E-state index contributed by atoms with van der Waals surface area (Å²) in [4.78, 5) is 14.5. The molecule has 1 aromatic carbocycles. The van der Waals surface area contributed by atoms with E-state index in [1.807, 2.05) is 17.7 Å². The Kier molecular flexibility index (Phi) is 4.25. The molecule has 0 fully saturated rings. The first-order chi connectivity index (χ1) is 9.20. The van der Waals surface area contributed by atoms with Crippen LogP contribution in [0.2, 0.25) is 0 Å². The molecule has 0 unspecified atom stereocenters. The van der Waals surface area contributed by atoms with Crippen molar-refractivity contribution >= 4 is 5.69 Å². The van der Waals surface area contributed by atoms with Crippen molar-refractivity contribution in [3.8, 4) is 0 Å². The Hall–Kier alpha value is -2.21. The molecule has 0 saturated carbocycles. The van der Waals surface area contributed by atoms with Crippen LogP contribution in [0.25, 0.3) is 0 Å². The van der Waals surface area contributed by atoms with Gasteiger partial charge in [-0.2, -0.15) is 0 Å². The molecule has 0 saturated heterocycles. The number of nitro benzene ring substituents is 1. The van der Waals surface area contributed by atoms with Crippen LogP contribution in [-0.2, 0) is 13.1 Å². The van der Waals surface area contributed by atoms with Crippen LogP contribution in [0, 0.1) is 10.1 Å². The molecule has 19 heavy (non-hydrogen) atoms. The summed E-state index contributed by atoms with van der Waals surface area (Å²) >= 11 is 0. The van der Waals surface area contributed by atoms with Gasteiger partial charge < -0.3 is 9.88 Å². The summed E-state index contributed by atoms with van der Waals surface area (Å²) in [5.41, 5.74) is 1.13. The Labute approximate surface area is 111 Å². The molecule has 0 aliphatic rings. The molecule has 0 atom stereocenters. The number of hydrogen-bond acceptors (Lipinski definition) is 4. The summed E-state index contributed by atoms with van der Waals surface area (Å²) in [6, 6.07) is 6.59. The molecule has 6 nitrogen and oxygen atoms in total. The van der Waals surface area contributed by atoms with Crippen LogP contribution in [0.1, 0.15) is 18.3 Å². The largest absolute Gasteiger partial charge is 0.329 e. The highest BCUT2D eigenvalue weighted by Gasteiger charge is 2.06. The predicted molar refractivity (Wildman–Crippen MR) is 71.8 cm³/mol. The number of nitro groups is 1. The van der Waals surface area contributed by atoms with E-state index in [0.29, 0.717) is 6.54 Å². The van der Waals surface area contributed by atoms with Crippen LogP contribution < -0.4 is 5.32 Å². The summed E-state index contributed by atoms with van der Waals surface area (Å²) < 4.78 is 2.03. The van der Waals surface area contributed by atoms with Crippen molar-refractivity contribution in [1.29, 1.82) is 0 Å². The summed E-state index contributed by atoms with van der Waals surface area (Å²) in [5, 5.41) is 13.8. The van der Waals surface area contributed by atoms with Crippen LogP contribution in [0.15, 0.2) is 36.7 Å². The van der Waals surface area contributed by atoms with Gasteiger partial charge in [0.05, 0.1) is 11.5 Å². The van der Waals surface area contributed by atoms with Gasteiger partial charge in [0.25, 0.3) is 5.69 Å². The predicted octanol–water partition coefficient (Wildman–Crippen LogP) is 1.95. The van der Waals surface area contributed by atoms with Gasteiger partial charge in [0, 0.05) is 31.1 Å². The lowest BCUT2D eigenvalue weighted by molar-refractivity contribution is -0.384. The van der Waals surface area contributed by atoms with Crippen molar-refractivity contribution < 1.29 is 4.92 Å². The summed E-state index contributed by atoms with van der Waals surface area (Å²) in [6.45, 7) is 4.32. The van der Waals surface area contributed by atoms with Crippen molar-refractivity contribution in [1.82, 2.24) is 14.9 Å². The molecule has 0 radical (unpaired) electrons. The van der Waals surface area contributed by atoms with Gasteiger partial charge in [-0.15, -0.1) is 0 Å². The van der Waals surface area contributed by atoms with E-state index in [1.165, 1.54) is 12.1 Å². The van der Waals surface area contributed by atoms with E-state index in [-0.39, 0.29) is 5.69 Å². The maximum Gasteiger partial charge on any atom is 0.269 e. The van der Waals surface area contributed by atoms with Crippen molar-refractivity contribution in [2.75, 3.05) is 6.54 Å². The SMILES string of the molecule is CCNCc1nccn1Cc1ccc([N+](=O)[O-])cc1. The highest BCUT2D eigenvalue weighted by atomic mass is 16.6. The van der Waals surface area contributed by atoms with Crippen molar-refractivity contribution in [3.63, 3.8) is 0 Å². The normalized spacial score (nSPS) is 10.6. The Morgan fingerprint density at radius 3 is 2.74 bits per heavy atom. The van der Waals surface area contributed by atoms with E-state index < -0.39 is 4.92 Å². The van der Waals surface area contributed by atoms with Gasteiger partial charge in [0.15, 0.2) is 0 Å². The number of rotatable bonds is 6. The van der Waals surface area contributed by atoms with Crippen molar-refractivity contribution in [3.05, 3.63) is 58.2 Å². The van der Waals surface area contributed by atoms with Crippen LogP contribution in [0.4, 0.5) is 5.69 Å². The first-order valence-corrected chi connectivity index (χ1v) is 6.14. The fraction of sp³-hybridized carbons (Fsp3) is 0.308. The molecule has 0 aliphatic carbocycles.